The van der Waals surface area contributed by atoms with Crippen molar-refractivity contribution in [2.75, 3.05) is 19.8 Å². The maximum atomic E-state index is 12.0. The van der Waals surface area contributed by atoms with E-state index in [-0.39, 0.29) is 12.1 Å². The molecule has 0 radical (unpaired) electrons. The fourth-order valence-electron chi connectivity index (χ4n) is 2.17. The highest BCUT2D eigenvalue weighted by Crippen LogP contribution is 2.17. The molecule has 4 heteroatoms. The lowest BCUT2D eigenvalue weighted by molar-refractivity contribution is -0.0300. The van der Waals surface area contributed by atoms with E-state index in [4.69, 9.17) is 14.2 Å². The molecule has 1 heterocycles. The fraction of sp³-hybridized carbons (Fsp3) is 0.588. The highest BCUT2D eigenvalue weighted by Gasteiger charge is 2.17. The second-order valence-electron chi connectivity index (χ2n) is 5.82. The maximum Gasteiger partial charge on any atom is 0.338 e. The smallest absolute Gasteiger partial charge is 0.338 e. The second kappa shape index (κ2) is 8.03. The van der Waals surface area contributed by atoms with Gasteiger partial charge in [-0.25, -0.2) is 4.79 Å². The summed E-state index contributed by atoms with van der Waals surface area (Å²) in [5.74, 6) is 0.829. The Morgan fingerprint density at radius 3 is 2.95 bits per heavy atom. The Morgan fingerprint density at radius 1 is 1.38 bits per heavy atom. The molecule has 1 aliphatic heterocycles. The minimum atomic E-state index is -0.320. The van der Waals surface area contributed by atoms with Crippen LogP contribution in [0.4, 0.5) is 0 Å². The molecule has 0 aromatic heterocycles. The van der Waals surface area contributed by atoms with Gasteiger partial charge in [0, 0.05) is 6.61 Å². The first-order valence-corrected chi connectivity index (χ1v) is 7.66. The lowest BCUT2D eigenvalue weighted by Crippen LogP contribution is -2.25. The third kappa shape index (κ3) is 5.38. The molecule has 2 rings (SSSR count). The lowest BCUT2D eigenvalue weighted by Gasteiger charge is -2.22. The molecule has 1 aromatic carbocycles. The highest BCUT2D eigenvalue weighted by atomic mass is 16.6. The SMILES string of the molecule is CC(C)COc1cccc(C(=O)OCC2CCCCO2)c1. The van der Waals surface area contributed by atoms with Crippen LogP contribution < -0.4 is 4.74 Å². The van der Waals surface area contributed by atoms with Crippen LogP contribution in [0, 0.1) is 5.92 Å². The summed E-state index contributed by atoms with van der Waals surface area (Å²) in [5.41, 5.74) is 0.520. The number of hydrogen-bond acceptors (Lipinski definition) is 4. The first-order valence-electron chi connectivity index (χ1n) is 7.66. The van der Waals surface area contributed by atoms with E-state index >= 15 is 0 Å². The summed E-state index contributed by atoms with van der Waals surface area (Å²) in [7, 11) is 0. The van der Waals surface area contributed by atoms with Gasteiger partial charge in [0.2, 0.25) is 0 Å². The lowest BCUT2D eigenvalue weighted by atomic mass is 10.1. The molecule has 116 valence electrons. The first-order chi connectivity index (χ1) is 10.1. The predicted molar refractivity (Wildman–Crippen MR) is 80.6 cm³/mol. The van der Waals surface area contributed by atoms with Crippen molar-refractivity contribution < 1.29 is 19.0 Å². The molecule has 1 unspecified atom stereocenters. The van der Waals surface area contributed by atoms with E-state index in [2.05, 4.69) is 13.8 Å². The monoisotopic (exact) mass is 292 g/mol. The van der Waals surface area contributed by atoms with Crippen molar-refractivity contribution in [3.63, 3.8) is 0 Å². The molecule has 4 nitrogen and oxygen atoms in total. The normalized spacial score (nSPS) is 18.5. The molecule has 21 heavy (non-hydrogen) atoms. The average molecular weight is 292 g/mol. The zero-order valence-electron chi connectivity index (χ0n) is 12.8. The van der Waals surface area contributed by atoms with Gasteiger partial charge in [0.1, 0.15) is 12.4 Å². The van der Waals surface area contributed by atoms with Gasteiger partial charge in [0.15, 0.2) is 0 Å². The fourth-order valence-corrected chi connectivity index (χ4v) is 2.17. The van der Waals surface area contributed by atoms with Crippen LogP contribution in [0.2, 0.25) is 0 Å². The van der Waals surface area contributed by atoms with Crippen molar-refractivity contribution in [1.82, 2.24) is 0 Å². The number of carbonyl (C=O) groups is 1. The molecule has 0 spiro atoms. The zero-order valence-corrected chi connectivity index (χ0v) is 12.8. The predicted octanol–water partition coefficient (Wildman–Crippen LogP) is 3.45. The minimum absolute atomic E-state index is 0.0445. The Bertz CT molecular complexity index is 450. The van der Waals surface area contributed by atoms with E-state index in [1.54, 1.807) is 12.1 Å². The van der Waals surface area contributed by atoms with Crippen LogP contribution in [0.1, 0.15) is 43.5 Å². The van der Waals surface area contributed by atoms with Gasteiger partial charge in [-0.1, -0.05) is 19.9 Å². The molecule has 1 atom stereocenters. The van der Waals surface area contributed by atoms with Crippen molar-refractivity contribution in [3.05, 3.63) is 29.8 Å². The summed E-state index contributed by atoms with van der Waals surface area (Å²) in [4.78, 5) is 12.0. The van der Waals surface area contributed by atoms with Crippen molar-refractivity contribution >= 4 is 5.97 Å². The van der Waals surface area contributed by atoms with E-state index in [9.17, 15) is 4.79 Å². The summed E-state index contributed by atoms with van der Waals surface area (Å²) in [5, 5.41) is 0. The van der Waals surface area contributed by atoms with Crippen molar-refractivity contribution in [3.8, 4) is 5.75 Å². The van der Waals surface area contributed by atoms with Gasteiger partial charge in [-0.2, -0.15) is 0 Å². The number of benzene rings is 1. The zero-order chi connectivity index (χ0) is 15.1. The standard InChI is InChI=1S/C17H24O4/c1-13(2)11-20-15-8-5-6-14(10-15)17(18)21-12-16-7-3-4-9-19-16/h5-6,8,10,13,16H,3-4,7,9,11-12H2,1-2H3. The number of rotatable bonds is 6. The molecule has 0 saturated carbocycles. The number of carbonyl (C=O) groups excluding carboxylic acids is 1. The molecular formula is C17H24O4. The molecule has 0 N–H and O–H groups in total. The molecule has 1 fully saturated rings. The van der Waals surface area contributed by atoms with Gasteiger partial charge >= 0.3 is 5.97 Å². The number of hydrogen-bond donors (Lipinski definition) is 0. The topological polar surface area (TPSA) is 44.8 Å². The summed E-state index contributed by atoms with van der Waals surface area (Å²) < 4.78 is 16.5. The van der Waals surface area contributed by atoms with Crippen molar-refractivity contribution in [2.24, 2.45) is 5.92 Å². The average Bonchev–Trinajstić information content (AvgIpc) is 2.52. The van der Waals surface area contributed by atoms with Crippen LogP contribution in [0.25, 0.3) is 0 Å². The van der Waals surface area contributed by atoms with Gasteiger partial charge in [0.25, 0.3) is 0 Å². The first kappa shape index (κ1) is 15.8. The van der Waals surface area contributed by atoms with Crippen LogP contribution >= 0.6 is 0 Å². The molecule has 1 saturated heterocycles. The Kier molecular flexibility index (Phi) is 6.05. The minimum Gasteiger partial charge on any atom is -0.493 e. The van der Waals surface area contributed by atoms with Crippen molar-refractivity contribution in [2.45, 2.75) is 39.2 Å². The van der Waals surface area contributed by atoms with Crippen LogP contribution in [-0.2, 0) is 9.47 Å². The largest absolute Gasteiger partial charge is 0.493 e. The molecular weight excluding hydrogens is 268 g/mol. The van der Waals surface area contributed by atoms with Crippen LogP contribution in [-0.4, -0.2) is 31.9 Å². The van der Waals surface area contributed by atoms with Gasteiger partial charge in [-0.15, -0.1) is 0 Å². The maximum absolute atomic E-state index is 12.0. The van der Waals surface area contributed by atoms with E-state index in [0.29, 0.717) is 30.4 Å². The van der Waals surface area contributed by atoms with E-state index in [1.807, 2.05) is 12.1 Å². The highest BCUT2D eigenvalue weighted by molar-refractivity contribution is 5.89. The van der Waals surface area contributed by atoms with E-state index < -0.39 is 0 Å². The number of esters is 1. The molecule has 1 aliphatic rings. The second-order valence-corrected chi connectivity index (χ2v) is 5.82. The Hall–Kier alpha value is -1.55. The molecule has 0 bridgehead atoms. The van der Waals surface area contributed by atoms with E-state index in [1.165, 1.54) is 0 Å². The number of ether oxygens (including phenoxy) is 3. The van der Waals surface area contributed by atoms with E-state index in [0.717, 1.165) is 25.9 Å². The van der Waals surface area contributed by atoms with Crippen LogP contribution in [0.5, 0.6) is 5.75 Å². The van der Waals surface area contributed by atoms with Gasteiger partial charge in [-0.3, -0.25) is 0 Å². The summed E-state index contributed by atoms with van der Waals surface area (Å²) in [6.45, 7) is 5.90. The molecule has 1 aromatic rings. The van der Waals surface area contributed by atoms with Crippen LogP contribution in [0.15, 0.2) is 24.3 Å². The molecule has 0 aliphatic carbocycles. The van der Waals surface area contributed by atoms with Gasteiger partial charge in [-0.05, 0) is 43.4 Å². The Morgan fingerprint density at radius 2 is 2.24 bits per heavy atom. The summed E-state index contributed by atoms with van der Waals surface area (Å²) in [6, 6.07) is 7.13. The third-order valence-electron chi connectivity index (χ3n) is 3.33. The van der Waals surface area contributed by atoms with Gasteiger partial charge < -0.3 is 14.2 Å². The quantitative estimate of drug-likeness (QED) is 0.753. The third-order valence-corrected chi connectivity index (χ3v) is 3.33. The van der Waals surface area contributed by atoms with Gasteiger partial charge in [0.05, 0.1) is 18.3 Å². The summed E-state index contributed by atoms with van der Waals surface area (Å²) >= 11 is 0. The Balaban J connectivity index is 1.84. The van der Waals surface area contributed by atoms with Crippen molar-refractivity contribution in [1.29, 1.82) is 0 Å². The molecule has 0 amide bonds. The Labute approximate surface area is 126 Å². The van der Waals surface area contributed by atoms with Crippen LogP contribution in [0.3, 0.4) is 0 Å². The summed E-state index contributed by atoms with van der Waals surface area (Å²) in [6.07, 6.45) is 3.24.